The fourth-order valence-electron chi connectivity index (χ4n) is 3.27. The lowest BCUT2D eigenvalue weighted by Gasteiger charge is -2.33. The van der Waals surface area contributed by atoms with Gasteiger partial charge < -0.3 is 4.90 Å². The molecule has 0 radical (unpaired) electrons. The summed E-state index contributed by atoms with van der Waals surface area (Å²) in [5.74, 6) is -0.357. The Kier molecular flexibility index (Phi) is 4.92. The molecule has 2 fully saturated rings. The summed E-state index contributed by atoms with van der Waals surface area (Å²) in [6, 6.07) is 6.60. The fourth-order valence-corrected chi connectivity index (χ4v) is 4.15. The van der Waals surface area contributed by atoms with Gasteiger partial charge in [0.05, 0.1) is 6.26 Å². The van der Waals surface area contributed by atoms with Gasteiger partial charge in [0.25, 0.3) is 0 Å². The van der Waals surface area contributed by atoms with Crippen molar-refractivity contribution < 1.29 is 17.6 Å². The molecule has 1 amide bonds. The van der Waals surface area contributed by atoms with Gasteiger partial charge in [-0.1, -0.05) is 12.1 Å². The van der Waals surface area contributed by atoms with Crippen molar-refractivity contribution in [2.75, 3.05) is 19.3 Å². The summed E-state index contributed by atoms with van der Waals surface area (Å²) in [4.78, 5) is 14.7. The van der Waals surface area contributed by atoms with Gasteiger partial charge in [-0.05, 0) is 43.4 Å². The first-order valence-corrected chi connectivity index (χ1v) is 10.2. The first-order chi connectivity index (χ1) is 11.3. The molecule has 1 aliphatic heterocycles. The van der Waals surface area contributed by atoms with Crippen LogP contribution in [0.2, 0.25) is 0 Å². The van der Waals surface area contributed by atoms with Crippen molar-refractivity contribution in [1.82, 2.24) is 9.21 Å². The topological polar surface area (TPSA) is 57.7 Å². The highest BCUT2D eigenvalue weighted by atomic mass is 32.2. The zero-order valence-electron chi connectivity index (χ0n) is 13.8. The molecule has 5 nitrogen and oxygen atoms in total. The van der Waals surface area contributed by atoms with Crippen LogP contribution >= 0.6 is 0 Å². The Bertz CT molecular complexity index is 710. The van der Waals surface area contributed by atoms with Crippen molar-refractivity contribution >= 4 is 15.9 Å². The molecular weight excluding hydrogens is 331 g/mol. The quantitative estimate of drug-likeness (QED) is 0.812. The number of sulfonamides is 1. The fraction of sp³-hybridized carbons (Fsp3) is 0.588. The lowest BCUT2D eigenvalue weighted by Crippen LogP contribution is -2.44. The third-order valence-corrected chi connectivity index (χ3v) is 6.09. The molecule has 1 aliphatic carbocycles. The summed E-state index contributed by atoms with van der Waals surface area (Å²) < 4.78 is 38.0. The normalized spacial score (nSPS) is 20.1. The second-order valence-electron chi connectivity index (χ2n) is 6.76. The Morgan fingerprint density at radius 1 is 1.25 bits per heavy atom. The number of halogens is 1. The van der Waals surface area contributed by atoms with E-state index in [2.05, 4.69) is 0 Å². The van der Waals surface area contributed by atoms with Crippen LogP contribution in [0.1, 0.15) is 31.2 Å². The van der Waals surface area contributed by atoms with Gasteiger partial charge >= 0.3 is 0 Å². The van der Waals surface area contributed by atoms with E-state index in [0.717, 1.165) is 18.4 Å². The van der Waals surface area contributed by atoms with Crippen molar-refractivity contribution in [2.45, 2.75) is 38.3 Å². The molecule has 0 atom stereocenters. The first kappa shape index (κ1) is 17.4. The summed E-state index contributed by atoms with van der Waals surface area (Å²) in [6.07, 6.45) is 4.29. The smallest absolute Gasteiger partial charge is 0.226 e. The van der Waals surface area contributed by atoms with Gasteiger partial charge in [-0.15, -0.1) is 0 Å². The predicted molar refractivity (Wildman–Crippen MR) is 89.1 cm³/mol. The van der Waals surface area contributed by atoms with Crippen molar-refractivity contribution in [2.24, 2.45) is 5.92 Å². The molecule has 7 heteroatoms. The van der Waals surface area contributed by atoms with Crippen LogP contribution < -0.4 is 0 Å². The Morgan fingerprint density at radius 3 is 2.46 bits per heavy atom. The Hall–Kier alpha value is -1.47. The van der Waals surface area contributed by atoms with Crippen LogP contribution in [0.15, 0.2) is 24.3 Å². The highest BCUT2D eigenvalue weighted by Crippen LogP contribution is 2.32. The second-order valence-corrected chi connectivity index (χ2v) is 8.75. The molecule has 1 aromatic rings. The van der Waals surface area contributed by atoms with Crippen molar-refractivity contribution in [1.29, 1.82) is 0 Å². The molecule has 3 rings (SSSR count). The number of rotatable bonds is 5. The number of nitrogens with zero attached hydrogens (tertiary/aromatic N) is 2. The average molecular weight is 354 g/mol. The minimum absolute atomic E-state index is 0.0786. The van der Waals surface area contributed by atoms with Crippen LogP contribution in [0, 0.1) is 11.7 Å². The average Bonchev–Trinajstić information content (AvgIpc) is 3.36. The van der Waals surface area contributed by atoms with Crippen LogP contribution in [-0.4, -0.2) is 48.9 Å². The molecule has 1 saturated heterocycles. The maximum Gasteiger partial charge on any atom is 0.226 e. The van der Waals surface area contributed by atoms with Gasteiger partial charge in [0.1, 0.15) is 5.82 Å². The van der Waals surface area contributed by atoms with E-state index in [1.807, 2.05) is 11.0 Å². The number of carbonyl (C=O) groups excluding carboxylic acids is 1. The van der Waals surface area contributed by atoms with Gasteiger partial charge in [0, 0.05) is 31.6 Å². The summed E-state index contributed by atoms with van der Waals surface area (Å²) in [6.45, 7) is 1.22. The van der Waals surface area contributed by atoms with Crippen LogP contribution in [0.3, 0.4) is 0 Å². The zero-order chi connectivity index (χ0) is 17.3. The Balaban J connectivity index is 1.65. The van der Waals surface area contributed by atoms with Crippen LogP contribution in [0.25, 0.3) is 0 Å². The number of carbonyl (C=O) groups is 1. The number of hydrogen-bond donors (Lipinski definition) is 0. The van der Waals surface area contributed by atoms with E-state index in [1.54, 1.807) is 6.07 Å². The van der Waals surface area contributed by atoms with E-state index in [4.69, 9.17) is 0 Å². The number of hydrogen-bond acceptors (Lipinski definition) is 3. The molecule has 1 saturated carbocycles. The van der Waals surface area contributed by atoms with E-state index in [1.165, 1.54) is 22.7 Å². The van der Waals surface area contributed by atoms with Gasteiger partial charge in [-0.3, -0.25) is 4.79 Å². The van der Waals surface area contributed by atoms with Gasteiger partial charge in [0.2, 0.25) is 15.9 Å². The van der Waals surface area contributed by atoms with E-state index in [9.17, 15) is 17.6 Å². The molecule has 0 unspecified atom stereocenters. The highest BCUT2D eigenvalue weighted by Gasteiger charge is 2.37. The van der Waals surface area contributed by atoms with E-state index >= 15 is 0 Å². The monoisotopic (exact) mass is 354 g/mol. The molecule has 0 spiro atoms. The van der Waals surface area contributed by atoms with E-state index in [-0.39, 0.29) is 23.7 Å². The summed E-state index contributed by atoms with van der Waals surface area (Å²) >= 11 is 0. The van der Waals surface area contributed by atoms with Gasteiger partial charge in [0.15, 0.2) is 0 Å². The van der Waals surface area contributed by atoms with Gasteiger partial charge in [-0.2, -0.15) is 0 Å². The van der Waals surface area contributed by atoms with E-state index < -0.39 is 10.0 Å². The maximum atomic E-state index is 13.4. The molecule has 2 aliphatic rings. The summed E-state index contributed by atoms with van der Waals surface area (Å²) in [5, 5.41) is 0. The maximum absolute atomic E-state index is 13.4. The number of piperidine rings is 1. The predicted octanol–water partition coefficient (Wildman–Crippen LogP) is 1.99. The largest absolute Gasteiger partial charge is 0.335 e. The third-order valence-electron chi connectivity index (χ3n) is 4.78. The molecule has 0 bridgehead atoms. The summed E-state index contributed by atoms with van der Waals surface area (Å²) in [7, 11) is -3.19. The van der Waals surface area contributed by atoms with E-state index in [0.29, 0.717) is 32.5 Å². The zero-order valence-corrected chi connectivity index (χ0v) is 14.6. The van der Waals surface area contributed by atoms with Crippen molar-refractivity contribution in [3.63, 3.8) is 0 Å². The lowest BCUT2D eigenvalue weighted by molar-refractivity contribution is -0.138. The molecule has 132 valence electrons. The van der Waals surface area contributed by atoms with Crippen LogP contribution in [-0.2, 0) is 21.4 Å². The molecule has 1 aromatic carbocycles. The van der Waals surface area contributed by atoms with Crippen LogP contribution in [0.5, 0.6) is 0 Å². The standard InChI is InChI=1S/C17H23FN2O3S/c1-24(22,23)19-9-7-14(8-10-19)17(21)20(16-5-6-16)12-13-3-2-4-15(18)11-13/h2-4,11,14,16H,5-10,12H2,1H3. The SMILES string of the molecule is CS(=O)(=O)N1CCC(C(=O)N(Cc2cccc(F)c2)C2CC2)CC1. The first-order valence-electron chi connectivity index (χ1n) is 8.34. The highest BCUT2D eigenvalue weighted by molar-refractivity contribution is 7.88. The summed E-state index contributed by atoms with van der Waals surface area (Å²) in [5.41, 5.74) is 0.795. The molecular formula is C17H23FN2O3S. The van der Waals surface area contributed by atoms with Crippen molar-refractivity contribution in [3.8, 4) is 0 Å². The minimum Gasteiger partial charge on any atom is -0.335 e. The molecule has 1 heterocycles. The Labute approximate surface area is 142 Å². The molecule has 24 heavy (non-hydrogen) atoms. The third kappa shape index (κ3) is 4.13. The number of benzene rings is 1. The van der Waals surface area contributed by atoms with Crippen LogP contribution in [0.4, 0.5) is 4.39 Å². The molecule has 0 aromatic heterocycles. The molecule has 0 N–H and O–H groups in total. The number of amides is 1. The Morgan fingerprint density at radius 2 is 1.92 bits per heavy atom. The lowest BCUT2D eigenvalue weighted by atomic mass is 9.96. The second kappa shape index (κ2) is 6.80. The van der Waals surface area contributed by atoms with Gasteiger partial charge in [-0.25, -0.2) is 17.1 Å². The van der Waals surface area contributed by atoms with Crippen molar-refractivity contribution in [3.05, 3.63) is 35.6 Å². The minimum atomic E-state index is -3.19.